The molecule has 0 saturated carbocycles. The summed E-state index contributed by atoms with van der Waals surface area (Å²) in [6.45, 7) is 1.64. The highest BCUT2D eigenvalue weighted by atomic mass is 32.2. The molecule has 1 aliphatic rings. The van der Waals surface area contributed by atoms with Gasteiger partial charge in [-0.3, -0.25) is 4.79 Å². The van der Waals surface area contributed by atoms with Crippen LogP contribution in [0.25, 0.3) is 0 Å². The van der Waals surface area contributed by atoms with E-state index in [-0.39, 0.29) is 5.97 Å². The summed E-state index contributed by atoms with van der Waals surface area (Å²) in [6.07, 6.45) is 2.25. The minimum atomic E-state index is -0.507. The van der Waals surface area contributed by atoms with Gasteiger partial charge in [-0.1, -0.05) is 0 Å². The van der Waals surface area contributed by atoms with Crippen LogP contribution < -0.4 is 5.73 Å². The zero-order valence-corrected chi connectivity index (χ0v) is 9.22. The number of rotatable bonds is 4. The summed E-state index contributed by atoms with van der Waals surface area (Å²) >= 11 is 1.70. The Bertz CT molecular complexity index is 183. The van der Waals surface area contributed by atoms with Crippen molar-refractivity contribution in [2.24, 2.45) is 5.73 Å². The monoisotopic (exact) mass is 219 g/mol. The summed E-state index contributed by atoms with van der Waals surface area (Å²) < 4.78 is 9.87. The molecule has 0 amide bonds. The van der Waals surface area contributed by atoms with E-state index < -0.39 is 6.04 Å². The third-order valence-corrected chi connectivity index (χ3v) is 3.53. The second kappa shape index (κ2) is 6.27. The lowest BCUT2D eigenvalue weighted by Crippen LogP contribution is -2.35. The molecule has 1 heterocycles. The molecule has 0 aromatic rings. The standard InChI is InChI=1S/C9H17NO3S/c1-12-9(11)8(10)6-14-7-3-2-4-13-5-7/h7-8H,2-6,10H2,1H3. The minimum Gasteiger partial charge on any atom is -0.468 e. The van der Waals surface area contributed by atoms with Crippen LogP contribution in [-0.4, -0.2) is 43.3 Å². The Kier molecular flexibility index (Phi) is 5.29. The van der Waals surface area contributed by atoms with Crippen molar-refractivity contribution in [2.75, 3.05) is 26.1 Å². The average molecular weight is 219 g/mol. The third-order valence-electron chi connectivity index (χ3n) is 2.13. The number of methoxy groups -OCH3 is 1. The fourth-order valence-corrected chi connectivity index (χ4v) is 2.44. The molecular formula is C9H17NO3S. The molecule has 0 radical (unpaired) electrons. The normalized spacial score (nSPS) is 24.3. The first-order valence-electron chi connectivity index (χ1n) is 4.76. The van der Waals surface area contributed by atoms with Crippen molar-refractivity contribution in [3.05, 3.63) is 0 Å². The van der Waals surface area contributed by atoms with Crippen molar-refractivity contribution in [2.45, 2.75) is 24.1 Å². The number of hydrogen-bond donors (Lipinski definition) is 1. The smallest absolute Gasteiger partial charge is 0.323 e. The van der Waals surface area contributed by atoms with Crippen LogP contribution in [0.1, 0.15) is 12.8 Å². The lowest BCUT2D eigenvalue weighted by molar-refractivity contribution is -0.141. The molecule has 1 aliphatic heterocycles. The molecule has 1 saturated heterocycles. The number of carbonyl (C=O) groups excluding carboxylic acids is 1. The van der Waals surface area contributed by atoms with Crippen LogP contribution >= 0.6 is 11.8 Å². The van der Waals surface area contributed by atoms with E-state index in [0.29, 0.717) is 11.0 Å². The Balaban J connectivity index is 2.15. The van der Waals surface area contributed by atoms with E-state index in [1.807, 2.05) is 0 Å². The van der Waals surface area contributed by atoms with E-state index in [1.165, 1.54) is 7.11 Å². The van der Waals surface area contributed by atoms with E-state index in [9.17, 15) is 4.79 Å². The molecule has 0 aromatic heterocycles. The van der Waals surface area contributed by atoms with Crippen LogP contribution in [0.5, 0.6) is 0 Å². The third kappa shape index (κ3) is 3.86. The molecule has 82 valence electrons. The van der Waals surface area contributed by atoms with Gasteiger partial charge in [-0.2, -0.15) is 11.8 Å². The second-order valence-electron chi connectivity index (χ2n) is 3.30. The first-order chi connectivity index (χ1) is 6.74. The van der Waals surface area contributed by atoms with Crippen molar-refractivity contribution < 1.29 is 14.3 Å². The van der Waals surface area contributed by atoms with Crippen LogP contribution in [0.3, 0.4) is 0 Å². The lowest BCUT2D eigenvalue weighted by atomic mass is 10.2. The first-order valence-corrected chi connectivity index (χ1v) is 5.81. The Morgan fingerprint density at radius 2 is 2.57 bits per heavy atom. The van der Waals surface area contributed by atoms with Gasteiger partial charge in [-0.25, -0.2) is 0 Å². The molecule has 1 rings (SSSR count). The van der Waals surface area contributed by atoms with Crippen LogP contribution in [0.2, 0.25) is 0 Å². The van der Waals surface area contributed by atoms with E-state index in [4.69, 9.17) is 10.5 Å². The van der Waals surface area contributed by atoms with Gasteiger partial charge in [-0.15, -0.1) is 0 Å². The average Bonchev–Trinajstić information content (AvgIpc) is 2.26. The van der Waals surface area contributed by atoms with Crippen molar-refractivity contribution in [3.63, 3.8) is 0 Å². The van der Waals surface area contributed by atoms with Crippen molar-refractivity contribution in [1.29, 1.82) is 0 Å². The maximum atomic E-state index is 11.0. The topological polar surface area (TPSA) is 61.5 Å². The molecule has 2 unspecified atom stereocenters. The van der Waals surface area contributed by atoms with Gasteiger partial charge in [-0.05, 0) is 12.8 Å². The summed E-state index contributed by atoms with van der Waals surface area (Å²) in [6, 6.07) is -0.507. The van der Waals surface area contributed by atoms with E-state index in [0.717, 1.165) is 26.1 Å². The van der Waals surface area contributed by atoms with Gasteiger partial charge in [0.1, 0.15) is 6.04 Å². The van der Waals surface area contributed by atoms with Gasteiger partial charge in [0.2, 0.25) is 0 Å². The molecule has 0 aliphatic carbocycles. The number of hydrogen-bond acceptors (Lipinski definition) is 5. The predicted octanol–water partition coefficient (Wildman–Crippen LogP) is 0.399. The molecule has 0 bridgehead atoms. The molecule has 5 heteroatoms. The molecule has 1 fully saturated rings. The number of nitrogens with two attached hydrogens (primary N) is 1. The summed E-state index contributed by atoms with van der Waals surface area (Å²) in [5.41, 5.74) is 5.61. The number of ether oxygens (including phenoxy) is 2. The minimum absolute atomic E-state index is 0.339. The van der Waals surface area contributed by atoms with Gasteiger partial charge < -0.3 is 15.2 Å². The largest absolute Gasteiger partial charge is 0.468 e. The Morgan fingerprint density at radius 1 is 1.79 bits per heavy atom. The fourth-order valence-electron chi connectivity index (χ4n) is 1.30. The zero-order valence-electron chi connectivity index (χ0n) is 8.40. The summed E-state index contributed by atoms with van der Waals surface area (Å²) in [5.74, 6) is 0.273. The highest BCUT2D eigenvalue weighted by Gasteiger charge is 2.19. The van der Waals surface area contributed by atoms with Crippen LogP contribution in [-0.2, 0) is 14.3 Å². The lowest BCUT2D eigenvalue weighted by Gasteiger charge is -2.22. The van der Waals surface area contributed by atoms with Gasteiger partial charge in [0.05, 0.1) is 13.7 Å². The maximum absolute atomic E-state index is 11.0. The van der Waals surface area contributed by atoms with Gasteiger partial charge in [0.25, 0.3) is 0 Å². The van der Waals surface area contributed by atoms with E-state index >= 15 is 0 Å². The Labute approximate surface area is 88.5 Å². The van der Waals surface area contributed by atoms with Crippen LogP contribution in [0.15, 0.2) is 0 Å². The molecule has 2 N–H and O–H groups in total. The van der Waals surface area contributed by atoms with Crippen molar-refractivity contribution >= 4 is 17.7 Å². The molecule has 4 nitrogen and oxygen atoms in total. The quantitative estimate of drug-likeness (QED) is 0.693. The SMILES string of the molecule is COC(=O)C(N)CSC1CCCOC1. The Hall–Kier alpha value is -0.260. The first kappa shape index (κ1) is 11.8. The van der Waals surface area contributed by atoms with Crippen molar-refractivity contribution in [3.8, 4) is 0 Å². The van der Waals surface area contributed by atoms with Gasteiger partial charge >= 0.3 is 5.97 Å². The highest BCUT2D eigenvalue weighted by molar-refractivity contribution is 8.00. The number of thioether (sulfide) groups is 1. The summed E-state index contributed by atoms with van der Waals surface area (Å²) in [4.78, 5) is 11.0. The van der Waals surface area contributed by atoms with Crippen LogP contribution in [0, 0.1) is 0 Å². The van der Waals surface area contributed by atoms with E-state index in [2.05, 4.69) is 4.74 Å². The van der Waals surface area contributed by atoms with E-state index in [1.54, 1.807) is 11.8 Å². The molecule has 0 spiro atoms. The van der Waals surface area contributed by atoms with Gasteiger partial charge in [0, 0.05) is 17.6 Å². The molecule has 2 atom stereocenters. The zero-order chi connectivity index (χ0) is 10.4. The number of esters is 1. The fraction of sp³-hybridized carbons (Fsp3) is 0.889. The molecular weight excluding hydrogens is 202 g/mol. The second-order valence-corrected chi connectivity index (χ2v) is 4.64. The predicted molar refractivity (Wildman–Crippen MR) is 56.3 cm³/mol. The molecule has 14 heavy (non-hydrogen) atoms. The highest BCUT2D eigenvalue weighted by Crippen LogP contribution is 2.21. The van der Waals surface area contributed by atoms with Gasteiger partial charge in [0.15, 0.2) is 0 Å². The number of carbonyl (C=O) groups is 1. The Morgan fingerprint density at radius 3 is 3.14 bits per heavy atom. The molecule has 0 aromatic carbocycles. The summed E-state index contributed by atoms with van der Waals surface area (Å²) in [7, 11) is 1.36. The summed E-state index contributed by atoms with van der Waals surface area (Å²) in [5, 5.41) is 0.486. The maximum Gasteiger partial charge on any atom is 0.323 e. The van der Waals surface area contributed by atoms with Crippen molar-refractivity contribution in [1.82, 2.24) is 0 Å². The van der Waals surface area contributed by atoms with Crippen LogP contribution in [0.4, 0.5) is 0 Å².